The lowest BCUT2D eigenvalue weighted by Crippen LogP contribution is -2.38. The molecular weight excluding hydrogens is 1080 g/mol. The number of nitrogens with two attached hydrogens (primary N) is 1. The van der Waals surface area contributed by atoms with E-state index in [0.717, 1.165) is 78.4 Å². The number of nitrogens with one attached hydrogen (secondary N) is 3. The normalized spacial score (nSPS) is 27.0. The highest BCUT2D eigenvalue weighted by atomic mass is 16.3. The topological polar surface area (TPSA) is 105 Å². The van der Waals surface area contributed by atoms with Crippen LogP contribution >= 0.6 is 0 Å². The van der Waals surface area contributed by atoms with Gasteiger partial charge in [-0.1, -0.05) is 128 Å². The van der Waals surface area contributed by atoms with Crippen molar-refractivity contribution in [3.05, 3.63) is 0 Å². The zero-order chi connectivity index (χ0) is 62.9. The van der Waals surface area contributed by atoms with Crippen LogP contribution in [0.1, 0.15) is 249 Å². The molecule has 6 rings (SSSR count). The minimum Gasteiger partial charge on any atom is -0.396 e. The number of likely N-dealkylation sites (tertiary alicyclic amines) is 6. The highest BCUT2D eigenvalue weighted by Gasteiger charge is 2.37. The molecule has 0 bridgehead atoms. The number of nitrogens with zero attached hydrogens (tertiary/aromatic N) is 7. The lowest BCUT2D eigenvalue weighted by molar-refractivity contribution is 0.188. The zero-order valence-corrected chi connectivity index (χ0v) is 60.4. The molecule has 6 heterocycles. The van der Waals surface area contributed by atoms with Crippen LogP contribution in [0.15, 0.2) is 0 Å². The van der Waals surface area contributed by atoms with E-state index in [0.29, 0.717) is 78.9 Å². The second-order valence-corrected chi connectivity index (χ2v) is 31.5. The smallest absolute Gasteiger partial charge is 0.0474 e. The number of aliphatic hydroxyl groups excluding tert-OH is 1. The van der Waals surface area contributed by atoms with Crippen molar-refractivity contribution in [1.82, 2.24) is 50.2 Å². The van der Waals surface area contributed by atoms with Gasteiger partial charge in [-0.05, 0) is 221 Å². The Labute approximate surface area is 558 Å². The molecule has 12 nitrogen and oxygen atoms in total. The molecule has 540 valence electrons. The Morgan fingerprint density at radius 3 is 0.989 bits per heavy atom. The van der Waals surface area contributed by atoms with Crippen molar-refractivity contribution in [2.24, 2.45) is 70.8 Å². The van der Waals surface area contributed by atoms with E-state index in [9.17, 15) is 5.11 Å². The summed E-state index contributed by atoms with van der Waals surface area (Å²) >= 11 is 0. The third-order valence-electron chi connectivity index (χ3n) is 19.2. The summed E-state index contributed by atoms with van der Waals surface area (Å²) < 4.78 is 0. The van der Waals surface area contributed by atoms with Crippen molar-refractivity contribution >= 4 is 0 Å². The molecule has 0 amide bonds. The SMILES string of the molecule is C.C.C.C.C.C.CC(C)C[C@H]1CN(C(C)C)C[C@H]1CO.CC(C)C[C@H]1CN(C(C)C)C[C@H]1N.CC(C)C[C@H]1CN(C(C)C)C[C@H]1N(C)C.CC(C)N[C@@H]1CCN(C(C)C)C1.CN[C@@H]1CN(C(C)C)C[C@@H]1CC(C)C.CN[C@H]1CN(C(C)C)C[C@@H]1CC(C)C. The number of hydrogen-bond acceptors (Lipinski definition) is 12. The van der Waals surface area contributed by atoms with E-state index in [4.69, 9.17) is 5.73 Å². The highest BCUT2D eigenvalue weighted by Crippen LogP contribution is 2.31. The monoisotopic (exact) mass is 1260 g/mol. The molecule has 6 aliphatic rings. The fourth-order valence-electron chi connectivity index (χ4n) is 14.3. The summed E-state index contributed by atoms with van der Waals surface area (Å²) in [6.07, 6.45) is 7.94. The molecule has 6 N–H and O–H groups in total. The van der Waals surface area contributed by atoms with Gasteiger partial charge in [0.1, 0.15) is 0 Å². The molecule has 6 aliphatic heterocycles. The Morgan fingerprint density at radius 1 is 0.375 bits per heavy atom. The van der Waals surface area contributed by atoms with Crippen LogP contribution in [-0.2, 0) is 0 Å². The van der Waals surface area contributed by atoms with Gasteiger partial charge in [0.05, 0.1) is 0 Å². The Balaban J connectivity index is -0.000000226. The molecule has 0 aromatic heterocycles. The second kappa shape index (κ2) is 50.9. The molecular formula is C76H175N11O. The summed E-state index contributed by atoms with van der Waals surface area (Å²) in [5.74, 6) is 8.51. The number of rotatable bonds is 22. The zero-order valence-electron chi connectivity index (χ0n) is 60.4. The van der Waals surface area contributed by atoms with E-state index >= 15 is 0 Å². The van der Waals surface area contributed by atoms with E-state index in [1.165, 1.54) is 104 Å². The molecule has 0 saturated carbocycles. The average molecular weight is 1260 g/mol. The molecule has 12 heteroatoms. The Hall–Kier alpha value is -0.480. The lowest BCUT2D eigenvalue weighted by atomic mass is 9.89. The van der Waals surface area contributed by atoms with Crippen LogP contribution in [-0.4, -0.2) is 225 Å². The van der Waals surface area contributed by atoms with Gasteiger partial charge in [-0.25, -0.2) is 0 Å². The maximum Gasteiger partial charge on any atom is 0.0474 e. The second-order valence-electron chi connectivity index (χ2n) is 31.5. The van der Waals surface area contributed by atoms with Crippen LogP contribution in [0.2, 0.25) is 0 Å². The lowest BCUT2D eigenvalue weighted by Gasteiger charge is -2.26. The predicted molar refractivity (Wildman–Crippen MR) is 404 cm³/mol. The summed E-state index contributed by atoms with van der Waals surface area (Å²) in [5.41, 5.74) is 6.11. The number of hydrogen-bond donors (Lipinski definition) is 5. The first kappa shape index (κ1) is 98.6. The summed E-state index contributed by atoms with van der Waals surface area (Å²) in [4.78, 5) is 17.8. The average Bonchev–Trinajstić information content (AvgIpc) is 4.46. The maximum absolute atomic E-state index is 9.32. The van der Waals surface area contributed by atoms with Gasteiger partial charge >= 0.3 is 0 Å². The van der Waals surface area contributed by atoms with Gasteiger partial charge in [-0.3, -0.25) is 24.5 Å². The van der Waals surface area contributed by atoms with E-state index in [1.807, 2.05) is 0 Å². The molecule has 0 aromatic rings. The van der Waals surface area contributed by atoms with E-state index in [-0.39, 0.29) is 44.6 Å². The van der Waals surface area contributed by atoms with Crippen LogP contribution in [0.25, 0.3) is 0 Å². The highest BCUT2D eigenvalue weighted by molar-refractivity contribution is 4.94. The summed E-state index contributed by atoms with van der Waals surface area (Å²) in [7, 11) is 8.65. The molecule has 0 aromatic carbocycles. The van der Waals surface area contributed by atoms with E-state index in [2.05, 4.69) is 245 Å². The fraction of sp³-hybridized carbons (Fsp3) is 1.00. The maximum atomic E-state index is 9.32. The van der Waals surface area contributed by atoms with Gasteiger partial charge in [0.25, 0.3) is 0 Å². The third-order valence-corrected chi connectivity index (χ3v) is 19.2. The Bertz CT molecular complexity index is 1460. The van der Waals surface area contributed by atoms with Crippen LogP contribution in [0.5, 0.6) is 0 Å². The van der Waals surface area contributed by atoms with Crippen molar-refractivity contribution in [2.45, 2.75) is 322 Å². The molecule has 0 unspecified atom stereocenters. The first-order valence-electron chi connectivity index (χ1n) is 34.7. The molecule has 6 saturated heterocycles. The molecule has 0 aliphatic carbocycles. The van der Waals surface area contributed by atoms with Crippen LogP contribution < -0.4 is 21.7 Å². The third kappa shape index (κ3) is 38.2. The van der Waals surface area contributed by atoms with Crippen LogP contribution in [0.3, 0.4) is 0 Å². The van der Waals surface area contributed by atoms with E-state index < -0.39 is 0 Å². The Morgan fingerprint density at radius 2 is 0.670 bits per heavy atom. The quantitative estimate of drug-likeness (QED) is 0.0713. The number of likely N-dealkylation sites (N-methyl/N-ethyl adjacent to an activating group) is 3. The molecule has 11 atom stereocenters. The molecule has 88 heavy (non-hydrogen) atoms. The first-order chi connectivity index (χ1) is 38.1. The fourth-order valence-corrected chi connectivity index (χ4v) is 14.3. The summed E-state index contributed by atoms with van der Waals surface area (Å²) in [5, 5.41) is 19.8. The Kier molecular flexibility index (Phi) is 57.0. The molecule has 0 radical (unpaired) electrons. The minimum atomic E-state index is 0. The van der Waals surface area contributed by atoms with Gasteiger partial charge in [-0.15, -0.1) is 0 Å². The van der Waals surface area contributed by atoms with Crippen molar-refractivity contribution in [3.8, 4) is 0 Å². The van der Waals surface area contributed by atoms with Gasteiger partial charge in [0, 0.05) is 151 Å². The summed E-state index contributed by atoms with van der Waals surface area (Å²) in [6.45, 7) is 69.9. The minimum absolute atomic E-state index is 0. The van der Waals surface area contributed by atoms with Crippen molar-refractivity contribution in [2.75, 3.05) is 113 Å². The predicted octanol–water partition coefficient (Wildman–Crippen LogP) is 15.2. The van der Waals surface area contributed by atoms with E-state index in [1.54, 1.807) is 0 Å². The molecule has 6 fully saturated rings. The van der Waals surface area contributed by atoms with Gasteiger partial charge in [0.2, 0.25) is 0 Å². The van der Waals surface area contributed by atoms with Crippen molar-refractivity contribution < 1.29 is 5.11 Å². The van der Waals surface area contributed by atoms with Crippen LogP contribution in [0, 0.1) is 65.1 Å². The van der Waals surface area contributed by atoms with Crippen LogP contribution in [0.4, 0.5) is 0 Å². The largest absolute Gasteiger partial charge is 0.396 e. The van der Waals surface area contributed by atoms with Crippen molar-refractivity contribution in [1.29, 1.82) is 0 Å². The molecule has 0 spiro atoms. The number of aliphatic hydroxyl groups is 1. The standard InChI is InChI=1S/C13H28N2.2C12H26N2.C12H25NO.C11H24N2.C10H22N2.6CH4/c1-10(2)7-12-8-15(11(3)4)9-13(12)14(5)6;2*1-9(2)6-11-7-14(10(3)4)8-12(11)13-5;1-9(2)5-11-6-13(10(3)4)7-12(11)8-14;1-8(2)5-10-6-13(9(3)4)7-11(10)12;1-8(2)11-10-5-6-12(7-10)9(3)4;;;;;;/h10-13H,7-9H2,1-6H3;2*9-13H,6-8H2,1-5H3;9-12,14H,5-8H2,1-4H3;8-11H,5-7,12H2,1-4H3;8-11H,5-7H2,1-4H3;6*1H4/t12-,13+;11-,12+;2*11-,12-;10-,11+;10-;;;;;;/m000001....../s1. The van der Waals surface area contributed by atoms with Gasteiger partial charge < -0.3 is 36.6 Å². The first-order valence-corrected chi connectivity index (χ1v) is 34.7. The summed E-state index contributed by atoms with van der Waals surface area (Å²) in [6, 6.07) is 8.03. The van der Waals surface area contributed by atoms with Gasteiger partial charge in [0.15, 0.2) is 0 Å². The van der Waals surface area contributed by atoms with Gasteiger partial charge in [-0.2, -0.15) is 0 Å². The van der Waals surface area contributed by atoms with Crippen molar-refractivity contribution in [3.63, 3.8) is 0 Å².